The molecule has 1 N–H and O–H groups in total. The van der Waals surface area contributed by atoms with Crippen LogP contribution < -0.4 is 0 Å². The summed E-state index contributed by atoms with van der Waals surface area (Å²) in [5.74, 6) is -1.06. The first-order valence-electron chi connectivity index (χ1n) is 6.41. The van der Waals surface area contributed by atoms with Crippen LogP contribution >= 0.6 is 22.9 Å². The van der Waals surface area contributed by atoms with Gasteiger partial charge < -0.3 is 10.0 Å². The first-order valence-corrected chi connectivity index (χ1v) is 7.67. The van der Waals surface area contributed by atoms with Crippen molar-refractivity contribution in [3.05, 3.63) is 56.7 Å². The Hall–Kier alpha value is -1.85. The summed E-state index contributed by atoms with van der Waals surface area (Å²) in [6.45, 7) is 0.327. The van der Waals surface area contributed by atoms with E-state index in [4.69, 9.17) is 16.7 Å². The maximum atomic E-state index is 12.5. The summed E-state index contributed by atoms with van der Waals surface area (Å²) in [5, 5.41) is 11.0. The van der Waals surface area contributed by atoms with E-state index >= 15 is 0 Å². The SMILES string of the molecule is O=C(O)CC1c2ccccc2C(=O)N1Cc1ccsc1Cl. The maximum absolute atomic E-state index is 12.5. The van der Waals surface area contributed by atoms with Gasteiger partial charge in [0, 0.05) is 17.7 Å². The zero-order valence-corrected chi connectivity index (χ0v) is 12.5. The van der Waals surface area contributed by atoms with Gasteiger partial charge in [-0.3, -0.25) is 9.59 Å². The summed E-state index contributed by atoms with van der Waals surface area (Å²) in [5.41, 5.74) is 2.20. The van der Waals surface area contributed by atoms with Crippen LogP contribution in [0.1, 0.15) is 33.9 Å². The third kappa shape index (κ3) is 2.54. The minimum atomic E-state index is -0.925. The number of carboxylic acid groups (broad SMARTS) is 1. The number of carbonyl (C=O) groups is 2. The van der Waals surface area contributed by atoms with E-state index in [1.165, 1.54) is 11.3 Å². The summed E-state index contributed by atoms with van der Waals surface area (Å²) in [7, 11) is 0. The number of benzene rings is 1. The topological polar surface area (TPSA) is 57.6 Å². The van der Waals surface area contributed by atoms with Gasteiger partial charge >= 0.3 is 5.97 Å². The van der Waals surface area contributed by atoms with Gasteiger partial charge in [-0.05, 0) is 23.1 Å². The van der Waals surface area contributed by atoms with Gasteiger partial charge in [-0.1, -0.05) is 29.8 Å². The Morgan fingerprint density at radius 3 is 2.76 bits per heavy atom. The number of hydrogen-bond acceptors (Lipinski definition) is 3. The molecule has 3 rings (SSSR count). The van der Waals surface area contributed by atoms with E-state index in [-0.39, 0.29) is 12.3 Å². The molecule has 1 aromatic heterocycles. The van der Waals surface area contributed by atoms with Crippen LogP contribution in [-0.2, 0) is 11.3 Å². The van der Waals surface area contributed by atoms with Crippen LogP contribution in [0.5, 0.6) is 0 Å². The molecular formula is C15H12ClNO3S. The van der Waals surface area contributed by atoms with Crippen molar-refractivity contribution in [1.29, 1.82) is 0 Å². The lowest BCUT2D eigenvalue weighted by Gasteiger charge is -2.24. The minimum absolute atomic E-state index is 0.107. The standard InChI is InChI=1S/C15H12ClNO3S/c16-14-9(5-6-21-14)8-17-12(7-13(18)19)10-3-1-2-4-11(10)15(17)20/h1-6,12H,7-8H2,(H,18,19). The fourth-order valence-electron chi connectivity index (χ4n) is 2.63. The Morgan fingerprint density at radius 2 is 2.10 bits per heavy atom. The fraction of sp³-hybridized carbons (Fsp3) is 0.200. The van der Waals surface area contributed by atoms with Crippen molar-refractivity contribution in [2.24, 2.45) is 0 Å². The fourth-order valence-corrected chi connectivity index (χ4v) is 3.54. The van der Waals surface area contributed by atoms with Crippen LogP contribution in [-0.4, -0.2) is 21.9 Å². The lowest BCUT2D eigenvalue weighted by Crippen LogP contribution is -2.29. The summed E-state index contributed by atoms with van der Waals surface area (Å²) in [4.78, 5) is 25.2. The predicted molar refractivity (Wildman–Crippen MR) is 80.6 cm³/mol. The highest BCUT2D eigenvalue weighted by molar-refractivity contribution is 7.14. The van der Waals surface area contributed by atoms with Crippen molar-refractivity contribution < 1.29 is 14.7 Å². The molecule has 0 aliphatic carbocycles. The molecule has 2 aromatic rings. The summed E-state index contributed by atoms with van der Waals surface area (Å²) < 4.78 is 0.632. The van der Waals surface area contributed by atoms with Crippen LogP contribution in [0.4, 0.5) is 0 Å². The number of carbonyl (C=O) groups excluding carboxylic acids is 1. The number of amides is 1. The molecule has 0 saturated heterocycles. The largest absolute Gasteiger partial charge is 0.481 e. The van der Waals surface area contributed by atoms with Crippen LogP contribution in [0.3, 0.4) is 0 Å². The summed E-state index contributed by atoms with van der Waals surface area (Å²) in [6, 6.07) is 8.58. The zero-order chi connectivity index (χ0) is 15.0. The van der Waals surface area contributed by atoms with E-state index in [2.05, 4.69) is 0 Å². The van der Waals surface area contributed by atoms with Gasteiger partial charge in [-0.2, -0.15) is 0 Å². The third-order valence-electron chi connectivity index (χ3n) is 3.59. The second kappa shape index (κ2) is 5.50. The highest BCUT2D eigenvalue weighted by atomic mass is 35.5. The molecule has 1 atom stereocenters. The molecule has 6 heteroatoms. The zero-order valence-electron chi connectivity index (χ0n) is 11.0. The first-order chi connectivity index (χ1) is 10.1. The Morgan fingerprint density at radius 1 is 1.33 bits per heavy atom. The molecular weight excluding hydrogens is 310 g/mol. The number of nitrogens with zero attached hydrogens (tertiary/aromatic N) is 1. The van der Waals surface area contributed by atoms with Gasteiger partial charge in [-0.15, -0.1) is 11.3 Å². The van der Waals surface area contributed by atoms with Gasteiger partial charge in [0.15, 0.2) is 0 Å². The lowest BCUT2D eigenvalue weighted by molar-refractivity contribution is -0.138. The van der Waals surface area contributed by atoms with Crippen LogP contribution in [0, 0.1) is 0 Å². The number of rotatable bonds is 4. The Bertz CT molecular complexity index is 712. The van der Waals surface area contributed by atoms with Gasteiger partial charge in [0.25, 0.3) is 5.91 Å². The molecule has 21 heavy (non-hydrogen) atoms. The Balaban J connectivity index is 1.97. The molecule has 1 aromatic carbocycles. The van der Waals surface area contributed by atoms with Crippen molar-refractivity contribution >= 4 is 34.8 Å². The molecule has 108 valence electrons. The first kappa shape index (κ1) is 14.1. The molecule has 1 amide bonds. The molecule has 1 unspecified atom stereocenters. The Kier molecular flexibility index (Phi) is 3.69. The normalized spacial score (nSPS) is 17.1. The molecule has 2 heterocycles. The minimum Gasteiger partial charge on any atom is -0.481 e. The number of carboxylic acids is 1. The molecule has 0 spiro atoms. The van der Waals surface area contributed by atoms with Crippen molar-refractivity contribution in [2.45, 2.75) is 19.0 Å². The molecule has 0 radical (unpaired) electrons. The molecule has 0 fully saturated rings. The van der Waals surface area contributed by atoms with Crippen LogP contribution in [0.25, 0.3) is 0 Å². The van der Waals surface area contributed by atoms with Crippen molar-refractivity contribution in [1.82, 2.24) is 4.90 Å². The van der Waals surface area contributed by atoms with E-state index < -0.39 is 12.0 Å². The van der Waals surface area contributed by atoms with Crippen molar-refractivity contribution in [3.8, 4) is 0 Å². The number of fused-ring (bicyclic) bond motifs is 1. The maximum Gasteiger partial charge on any atom is 0.305 e. The van der Waals surface area contributed by atoms with Gasteiger partial charge in [-0.25, -0.2) is 0 Å². The van der Waals surface area contributed by atoms with E-state index in [0.29, 0.717) is 16.4 Å². The van der Waals surface area contributed by atoms with E-state index in [1.54, 1.807) is 17.0 Å². The number of halogens is 1. The van der Waals surface area contributed by atoms with Crippen LogP contribution in [0.15, 0.2) is 35.7 Å². The lowest BCUT2D eigenvalue weighted by atomic mass is 10.0. The van der Waals surface area contributed by atoms with Gasteiger partial charge in [0.05, 0.1) is 16.8 Å². The molecule has 1 aliphatic heterocycles. The average molecular weight is 322 g/mol. The molecule has 4 nitrogen and oxygen atoms in total. The quantitative estimate of drug-likeness (QED) is 0.936. The van der Waals surface area contributed by atoms with Crippen molar-refractivity contribution in [3.63, 3.8) is 0 Å². The van der Waals surface area contributed by atoms with Gasteiger partial charge in [0.1, 0.15) is 0 Å². The van der Waals surface area contributed by atoms with Crippen molar-refractivity contribution in [2.75, 3.05) is 0 Å². The summed E-state index contributed by atoms with van der Waals surface area (Å²) in [6.07, 6.45) is -0.107. The molecule has 0 bridgehead atoms. The van der Waals surface area contributed by atoms with E-state index in [0.717, 1.165) is 11.1 Å². The van der Waals surface area contributed by atoms with E-state index in [9.17, 15) is 9.59 Å². The highest BCUT2D eigenvalue weighted by Crippen LogP contribution is 2.38. The smallest absolute Gasteiger partial charge is 0.305 e. The highest BCUT2D eigenvalue weighted by Gasteiger charge is 2.37. The monoisotopic (exact) mass is 321 g/mol. The number of thiophene rings is 1. The van der Waals surface area contributed by atoms with Crippen LogP contribution in [0.2, 0.25) is 4.34 Å². The molecule has 1 aliphatic rings. The Labute approximate surface area is 130 Å². The van der Waals surface area contributed by atoms with E-state index in [1.807, 2.05) is 23.6 Å². The van der Waals surface area contributed by atoms with Gasteiger partial charge in [0.2, 0.25) is 0 Å². The summed E-state index contributed by atoms with van der Waals surface area (Å²) >= 11 is 7.49. The number of hydrogen-bond donors (Lipinski definition) is 1. The number of aliphatic carboxylic acids is 1. The second-order valence-electron chi connectivity index (χ2n) is 4.85. The second-order valence-corrected chi connectivity index (χ2v) is 6.37. The predicted octanol–water partition coefficient (Wildman–Crippen LogP) is 3.57. The molecule has 0 saturated carbocycles. The average Bonchev–Trinajstić information content (AvgIpc) is 2.96. The third-order valence-corrected chi connectivity index (χ3v) is 4.84.